The van der Waals surface area contributed by atoms with E-state index in [0.29, 0.717) is 0 Å². The Kier molecular flexibility index (Phi) is 5.22. The number of hydrogen-bond donors (Lipinski definition) is 2. The van der Waals surface area contributed by atoms with Crippen LogP contribution in [0.3, 0.4) is 0 Å². The summed E-state index contributed by atoms with van der Waals surface area (Å²) in [5.41, 5.74) is 4.71. The highest BCUT2D eigenvalue weighted by molar-refractivity contribution is 9.10. The average molecular weight is 360 g/mol. The van der Waals surface area contributed by atoms with E-state index in [-0.39, 0.29) is 6.04 Å². The first-order valence-electron chi connectivity index (χ1n) is 6.15. The minimum absolute atomic E-state index is 0.172. The molecule has 0 aliphatic heterocycles. The summed E-state index contributed by atoms with van der Waals surface area (Å²) in [6.07, 6.45) is 1.79. The SMILES string of the molecule is Cc1nnsc1C(NN)c1c(Br)cnn1CCN(C)C. The Hall–Kier alpha value is -0.870. The summed E-state index contributed by atoms with van der Waals surface area (Å²) in [5, 5.41) is 8.46. The van der Waals surface area contributed by atoms with Crippen LogP contribution in [0.5, 0.6) is 0 Å². The monoisotopic (exact) mass is 359 g/mol. The third-order valence-corrected chi connectivity index (χ3v) is 4.48. The lowest BCUT2D eigenvalue weighted by atomic mass is 10.1. The number of aromatic nitrogens is 4. The minimum atomic E-state index is -0.172. The van der Waals surface area contributed by atoms with Gasteiger partial charge in [0.05, 0.1) is 33.5 Å². The van der Waals surface area contributed by atoms with Crippen molar-refractivity contribution in [3.8, 4) is 0 Å². The maximum Gasteiger partial charge on any atom is 0.102 e. The molecule has 0 aromatic carbocycles. The number of hydrazine groups is 1. The predicted molar refractivity (Wildman–Crippen MR) is 82.3 cm³/mol. The van der Waals surface area contributed by atoms with E-state index in [4.69, 9.17) is 5.84 Å². The molecule has 9 heteroatoms. The second kappa shape index (κ2) is 6.72. The molecule has 2 rings (SSSR count). The van der Waals surface area contributed by atoms with Crippen molar-refractivity contribution in [2.45, 2.75) is 19.5 Å². The fraction of sp³-hybridized carbons (Fsp3) is 0.545. The normalized spacial score (nSPS) is 13.1. The minimum Gasteiger partial charge on any atom is -0.308 e. The fourth-order valence-corrected chi connectivity index (χ4v) is 3.15. The molecular formula is C11H18BrN7S. The zero-order valence-corrected chi connectivity index (χ0v) is 14.1. The molecule has 0 fully saturated rings. The zero-order chi connectivity index (χ0) is 14.7. The van der Waals surface area contributed by atoms with E-state index in [9.17, 15) is 0 Å². The van der Waals surface area contributed by atoms with Crippen LogP contribution in [0.2, 0.25) is 0 Å². The quantitative estimate of drug-likeness (QED) is 0.589. The molecule has 110 valence electrons. The number of nitrogens with two attached hydrogens (primary N) is 1. The number of nitrogens with zero attached hydrogens (tertiary/aromatic N) is 5. The Labute approximate surface area is 130 Å². The molecule has 2 aromatic heterocycles. The topological polar surface area (TPSA) is 84.9 Å². The molecule has 1 unspecified atom stereocenters. The Morgan fingerprint density at radius 1 is 1.55 bits per heavy atom. The van der Waals surface area contributed by atoms with Gasteiger partial charge in [-0.25, -0.2) is 5.43 Å². The first-order valence-corrected chi connectivity index (χ1v) is 7.72. The number of nitrogens with one attached hydrogen (secondary N) is 1. The summed E-state index contributed by atoms with van der Waals surface area (Å²) in [5.74, 6) is 5.75. The number of aryl methyl sites for hydroxylation is 1. The van der Waals surface area contributed by atoms with E-state index in [0.717, 1.165) is 33.8 Å². The van der Waals surface area contributed by atoms with Gasteiger partial charge in [-0.15, -0.1) is 5.10 Å². The molecular weight excluding hydrogens is 342 g/mol. The molecule has 0 aliphatic rings. The van der Waals surface area contributed by atoms with E-state index < -0.39 is 0 Å². The molecule has 3 N–H and O–H groups in total. The number of rotatable bonds is 6. The molecule has 0 spiro atoms. The molecule has 7 nitrogen and oxygen atoms in total. The highest BCUT2D eigenvalue weighted by Gasteiger charge is 2.24. The third kappa shape index (κ3) is 3.23. The fourth-order valence-electron chi connectivity index (χ4n) is 1.91. The van der Waals surface area contributed by atoms with Crippen molar-refractivity contribution < 1.29 is 0 Å². The van der Waals surface area contributed by atoms with Gasteiger partial charge in [0.1, 0.15) is 6.04 Å². The molecule has 0 aliphatic carbocycles. The molecule has 0 radical (unpaired) electrons. The van der Waals surface area contributed by atoms with Gasteiger partial charge in [-0.1, -0.05) is 4.49 Å². The van der Waals surface area contributed by atoms with E-state index in [1.165, 1.54) is 11.5 Å². The lowest BCUT2D eigenvalue weighted by molar-refractivity contribution is 0.365. The molecule has 0 amide bonds. The van der Waals surface area contributed by atoms with Gasteiger partial charge in [0.15, 0.2) is 0 Å². The molecule has 0 saturated heterocycles. The molecule has 2 aromatic rings. The van der Waals surface area contributed by atoms with Crippen molar-refractivity contribution >= 4 is 27.5 Å². The zero-order valence-electron chi connectivity index (χ0n) is 11.7. The standard InChI is InChI=1S/C11H18BrN7S/c1-7-11(20-17-16-7)9(15-13)10-8(12)6-14-19(10)5-4-18(2)3/h6,9,15H,4-5,13H2,1-3H3. The maximum atomic E-state index is 5.75. The molecule has 2 heterocycles. The van der Waals surface area contributed by atoms with Crippen molar-refractivity contribution in [2.75, 3.05) is 20.6 Å². The smallest absolute Gasteiger partial charge is 0.102 e. The van der Waals surface area contributed by atoms with Crippen molar-refractivity contribution in [2.24, 2.45) is 5.84 Å². The van der Waals surface area contributed by atoms with Crippen molar-refractivity contribution in [3.05, 3.63) is 26.9 Å². The lowest BCUT2D eigenvalue weighted by Crippen LogP contribution is -2.32. The Balaban J connectivity index is 2.34. The van der Waals surface area contributed by atoms with Crippen LogP contribution in [0.25, 0.3) is 0 Å². The Morgan fingerprint density at radius 3 is 2.85 bits per heavy atom. The summed E-state index contributed by atoms with van der Waals surface area (Å²) >= 11 is 4.89. The largest absolute Gasteiger partial charge is 0.308 e. The summed E-state index contributed by atoms with van der Waals surface area (Å²) < 4.78 is 6.85. The second-order valence-corrected chi connectivity index (χ2v) is 6.37. The second-order valence-electron chi connectivity index (χ2n) is 4.73. The number of likely N-dealkylation sites (N-methyl/N-ethyl adjacent to an activating group) is 1. The summed E-state index contributed by atoms with van der Waals surface area (Å²) in [7, 11) is 4.07. The van der Waals surface area contributed by atoms with E-state index in [1.54, 1.807) is 6.20 Å². The van der Waals surface area contributed by atoms with E-state index in [2.05, 4.69) is 40.9 Å². The summed E-state index contributed by atoms with van der Waals surface area (Å²) in [4.78, 5) is 3.11. The summed E-state index contributed by atoms with van der Waals surface area (Å²) in [6.45, 7) is 3.62. The van der Waals surface area contributed by atoms with Crippen molar-refractivity contribution in [3.63, 3.8) is 0 Å². The maximum absolute atomic E-state index is 5.75. The van der Waals surface area contributed by atoms with Gasteiger partial charge < -0.3 is 4.90 Å². The van der Waals surface area contributed by atoms with Crippen LogP contribution in [0.1, 0.15) is 22.3 Å². The van der Waals surface area contributed by atoms with Crippen LogP contribution in [0.4, 0.5) is 0 Å². The van der Waals surface area contributed by atoms with Crippen molar-refractivity contribution in [1.82, 2.24) is 29.7 Å². The van der Waals surface area contributed by atoms with Gasteiger partial charge in [-0.2, -0.15) is 5.10 Å². The van der Waals surface area contributed by atoms with Gasteiger partial charge >= 0.3 is 0 Å². The van der Waals surface area contributed by atoms with Crippen LogP contribution >= 0.6 is 27.5 Å². The molecule has 20 heavy (non-hydrogen) atoms. The summed E-state index contributed by atoms with van der Waals surface area (Å²) in [6, 6.07) is -0.172. The molecule has 0 bridgehead atoms. The Bertz CT molecular complexity index is 565. The highest BCUT2D eigenvalue weighted by Crippen LogP contribution is 2.31. The molecule has 0 saturated carbocycles. The van der Waals surface area contributed by atoms with Gasteiger partial charge in [0.25, 0.3) is 0 Å². The molecule has 1 atom stereocenters. The van der Waals surface area contributed by atoms with E-state index in [1.807, 2.05) is 25.7 Å². The number of halogens is 1. The van der Waals surface area contributed by atoms with Crippen LogP contribution in [0, 0.1) is 6.92 Å². The first-order chi connectivity index (χ1) is 9.54. The first kappa shape index (κ1) is 15.5. The van der Waals surface area contributed by atoms with Crippen LogP contribution < -0.4 is 11.3 Å². The van der Waals surface area contributed by atoms with Gasteiger partial charge in [-0.05, 0) is 48.5 Å². The van der Waals surface area contributed by atoms with Gasteiger partial charge in [0, 0.05) is 6.54 Å². The Morgan fingerprint density at radius 2 is 2.30 bits per heavy atom. The van der Waals surface area contributed by atoms with Gasteiger partial charge in [-0.3, -0.25) is 10.5 Å². The highest BCUT2D eigenvalue weighted by atomic mass is 79.9. The van der Waals surface area contributed by atoms with Crippen molar-refractivity contribution in [1.29, 1.82) is 0 Å². The number of hydrogen-bond acceptors (Lipinski definition) is 7. The average Bonchev–Trinajstić information content (AvgIpc) is 2.97. The van der Waals surface area contributed by atoms with Crippen LogP contribution in [-0.4, -0.2) is 44.9 Å². The lowest BCUT2D eigenvalue weighted by Gasteiger charge is -2.18. The van der Waals surface area contributed by atoms with E-state index >= 15 is 0 Å². The van der Waals surface area contributed by atoms with Gasteiger partial charge in [0.2, 0.25) is 0 Å². The predicted octanol–water partition coefficient (Wildman–Crippen LogP) is 0.920. The van der Waals surface area contributed by atoms with Crippen LogP contribution in [-0.2, 0) is 6.54 Å². The van der Waals surface area contributed by atoms with Crippen LogP contribution in [0.15, 0.2) is 10.7 Å². The third-order valence-electron chi connectivity index (χ3n) is 2.98.